The second-order valence-corrected chi connectivity index (χ2v) is 3.10. The molecule has 1 unspecified atom stereocenters. The van der Waals surface area contributed by atoms with Crippen LogP contribution >= 0.6 is 0 Å². The summed E-state index contributed by atoms with van der Waals surface area (Å²) >= 11 is 0. The molecule has 0 nitrogen and oxygen atoms in total. The highest BCUT2D eigenvalue weighted by molar-refractivity contribution is 6.11. The van der Waals surface area contributed by atoms with Crippen LogP contribution in [0.4, 0.5) is 8.78 Å². The van der Waals surface area contributed by atoms with Gasteiger partial charge in [0.1, 0.15) is 0 Å². The van der Waals surface area contributed by atoms with Gasteiger partial charge in [0, 0.05) is 12.3 Å². The summed E-state index contributed by atoms with van der Waals surface area (Å²) in [5.41, 5.74) is 0. The van der Waals surface area contributed by atoms with Crippen LogP contribution in [0.5, 0.6) is 0 Å². The molecule has 0 aromatic rings. The maximum absolute atomic E-state index is 12.7. The molecular formula is C7H13BF2. The lowest BCUT2D eigenvalue weighted by molar-refractivity contribution is -0.0523. The molecule has 0 saturated carbocycles. The standard InChI is InChI=1S/C7H13BF2/c1-5(2)7(9,10)4-6(3)8/h5-6H,4H2,1-3H3. The Morgan fingerprint density at radius 2 is 1.70 bits per heavy atom. The average Bonchev–Trinajstić information content (AvgIpc) is 1.60. The Morgan fingerprint density at radius 1 is 1.30 bits per heavy atom. The molecule has 0 amide bonds. The first-order valence-corrected chi connectivity index (χ1v) is 3.49. The minimum Gasteiger partial charge on any atom is -0.207 e. The van der Waals surface area contributed by atoms with Crippen LogP contribution < -0.4 is 0 Å². The largest absolute Gasteiger partial charge is 0.249 e. The molecule has 0 aliphatic carbocycles. The number of rotatable bonds is 3. The molecule has 3 heteroatoms. The topological polar surface area (TPSA) is 0 Å². The van der Waals surface area contributed by atoms with Gasteiger partial charge >= 0.3 is 0 Å². The first kappa shape index (κ1) is 9.92. The predicted molar refractivity (Wildman–Crippen MR) is 39.6 cm³/mol. The van der Waals surface area contributed by atoms with Crippen LogP contribution in [-0.4, -0.2) is 13.8 Å². The second-order valence-electron chi connectivity index (χ2n) is 3.10. The van der Waals surface area contributed by atoms with Crippen LogP contribution in [0.3, 0.4) is 0 Å². The van der Waals surface area contributed by atoms with Crippen LogP contribution in [0, 0.1) is 5.92 Å². The second kappa shape index (κ2) is 3.36. The van der Waals surface area contributed by atoms with Crippen LogP contribution in [0.15, 0.2) is 0 Å². The van der Waals surface area contributed by atoms with Gasteiger partial charge < -0.3 is 0 Å². The number of halogens is 2. The lowest BCUT2D eigenvalue weighted by Gasteiger charge is -2.22. The zero-order valence-electron chi connectivity index (χ0n) is 6.70. The van der Waals surface area contributed by atoms with Gasteiger partial charge in [0.25, 0.3) is 0 Å². The molecule has 0 aromatic heterocycles. The first-order chi connectivity index (χ1) is 4.36. The molecule has 0 aromatic carbocycles. The molecule has 0 bridgehead atoms. The van der Waals surface area contributed by atoms with E-state index in [2.05, 4.69) is 0 Å². The average molecular weight is 146 g/mol. The highest BCUT2D eigenvalue weighted by Gasteiger charge is 2.33. The monoisotopic (exact) mass is 146 g/mol. The molecule has 0 rings (SSSR count). The molecule has 2 radical (unpaired) electrons. The minimum absolute atomic E-state index is 0.218. The van der Waals surface area contributed by atoms with Crippen molar-refractivity contribution in [3.63, 3.8) is 0 Å². The van der Waals surface area contributed by atoms with Gasteiger partial charge in [-0.25, -0.2) is 8.78 Å². The van der Waals surface area contributed by atoms with Crippen LogP contribution in [0.25, 0.3) is 0 Å². The van der Waals surface area contributed by atoms with Gasteiger partial charge in [-0.1, -0.05) is 26.6 Å². The van der Waals surface area contributed by atoms with E-state index in [1.807, 2.05) is 0 Å². The first-order valence-electron chi connectivity index (χ1n) is 3.49. The lowest BCUT2D eigenvalue weighted by atomic mass is 9.82. The molecule has 0 heterocycles. The van der Waals surface area contributed by atoms with E-state index in [9.17, 15) is 8.78 Å². The van der Waals surface area contributed by atoms with Crippen molar-refractivity contribution >= 4 is 7.85 Å². The van der Waals surface area contributed by atoms with E-state index in [1.54, 1.807) is 6.92 Å². The van der Waals surface area contributed by atoms with Crippen molar-refractivity contribution in [1.29, 1.82) is 0 Å². The van der Waals surface area contributed by atoms with Crippen molar-refractivity contribution in [1.82, 2.24) is 0 Å². The van der Waals surface area contributed by atoms with Gasteiger partial charge in [-0.05, 0) is 0 Å². The van der Waals surface area contributed by atoms with Crippen molar-refractivity contribution in [3.05, 3.63) is 0 Å². The Hall–Kier alpha value is -0.0751. The molecule has 58 valence electrons. The minimum atomic E-state index is -2.60. The number of hydrogen-bond acceptors (Lipinski definition) is 0. The predicted octanol–water partition coefficient (Wildman–Crippen LogP) is 2.64. The zero-order chi connectivity index (χ0) is 8.36. The number of hydrogen-bond donors (Lipinski definition) is 0. The SMILES string of the molecule is [B]C(C)CC(F)(F)C(C)C. The Morgan fingerprint density at radius 3 is 1.80 bits per heavy atom. The van der Waals surface area contributed by atoms with E-state index in [0.29, 0.717) is 0 Å². The van der Waals surface area contributed by atoms with E-state index < -0.39 is 17.7 Å². The van der Waals surface area contributed by atoms with Crippen LogP contribution in [0.1, 0.15) is 27.2 Å². The summed E-state index contributed by atoms with van der Waals surface area (Å²) in [5, 5.41) is 0. The van der Waals surface area contributed by atoms with E-state index in [4.69, 9.17) is 7.85 Å². The Labute approximate surface area is 62.4 Å². The van der Waals surface area contributed by atoms with Gasteiger partial charge in [0.15, 0.2) is 0 Å². The van der Waals surface area contributed by atoms with E-state index >= 15 is 0 Å². The summed E-state index contributed by atoms with van der Waals surface area (Å²) in [4.78, 5) is 0. The van der Waals surface area contributed by atoms with E-state index in [0.717, 1.165) is 0 Å². The Bertz CT molecular complexity index is 99.8. The van der Waals surface area contributed by atoms with Crippen LogP contribution in [0.2, 0.25) is 5.82 Å². The summed E-state index contributed by atoms with van der Waals surface area (Å²) in [7, 11) is 5.24. The Balaban J connectivity index is 3.87. The highest BCUT2D eigenvalue weighted by Crippen LogP contribution is 2.31. The molecule has 0 aliphatic rings. The van der Waals surface area contributed by atoms with Gasteiger partial charge in [-0.2, -0.15) is 0 Å². The van der Waals surface area contributed by atoms with Crippen molar-refractivity contribution in [2.45, 2.75) is 38.9 Å². The smallest absolute Gasteiger partial charge is 0.207 e. The quantitative estimate of drug-likeness (QED) is 0.537. The van der Waals surface area contributed by atoms with E-state index in [1.165, 1.54) is 13.8 Å². The van der Waals surface area contributed by atoms with Crippen molar-refractivity contribution in [2.24, 2.45) is 5.92 Å². The molecule has 0 fully saturated rings. The summed E-state index contributed by atoms with van der Waals surface area (Å²) in [6.07, 6.45) is -0.218. The zero-order valence-corrected chi connectivity index (χ0v) is 6.70. The van der Waals surface area contributed by atoms with Crippen LogP contribution in [-0.2, 0) is 0 Å². The third kappa shape index (κ3) is 3.18. The summed E-state index contributed by atoms with van der Waals surface area (Å²) in [6, 6.07) is 0. The summed E-state index contributed by atoms with van der Waals surface area (Å²) < 4.78 is 25.4. The normalized spacial score (nSPS) is 15.8. The lowest BCUT2D eigenvalue weighted by Crippen LogP contribution is -2.24. The van der Waals surface area contributed by atoms with Gasteiger partial charge in [-0.15, -0.1) is 0 Å². The maximum atomic E-state index is 12.7. The van der Waals surface area contributed by atoms with E-state index in [-0.39, 0.29) is 6.42 Å². The van der Waals surface area contributed by atoms with Crippen molar-refractivity contribution in [2.75, 3.05) is 0 Å². The molecule has 1 atom stereocenters. The van der Waals surface area contributed by atoms with Gasteiger partial charge in [0.2, 0.25) is 5.92 Å². The molecule has 0 aliphatic heterocycles. The summed E-state index contributed by atoms with van der Waals surface area (Å²) in [5.74, 6) is -3.63. The third-order valence-corrected chi connectivity index (χ3v) is 1.44. The molecule has 0 saturated heterocycles. The molecule has 10 heavy (non-hydrogen) atoms. The summed E-state index contributed by atoms with van der Waals surface area (Å²) in [6.45, 7) is 4.60. The van der Waals surface area contributed by atoms with Crippen molar-refractivity contribution in [3.8, 4) is 0 Å². The van der Waals surface area contributed by atoms with Gasteiger partial charge in [0.05, 0.1) is 7.85 Å². The third-order valence-electron chi connectivity index (χ3n) is 1.44. The Kier molecular flexibility index (Phi) is 3.33. The van der Waals surface area contributed by atoms with Crippen molar-refractivity contribution < 1.29 is 8.78 Å². The molecule has 0 spiro atoms. The highest BCUT2D eigenvalue weighted by atomic mass is 19.3. The fraction of sp³-hybridized carbons (Fsp3) is 1.00. The molecule has 0 N–H and O–H groups in total. The van der Waals surface area contributed by atoms with Gasteiger partial charge in [-0.3, -0.25) is 0 Å². The number of alkyl halides is 2. The maximum Gasteiger partial charge on any atom is 0.249 e. The molecular weight excluding hydrogens is 133 g/mol. The fourth-order valence-electron chi connectivity index (χ4n) is 0.665. The fourth-order valence-corrected chi connectivity index (χ4v) is 0.665.